The number of hydrogen-bond acceptors (Lipinski definition) is 5. The first-order chi connectivity index (χ1) is 9.67. The number of nitrogens with one attached hydrogen (secondary N) is 2. The number of nitrogen functional groups attached to an aromatic ring is 1. The van der Waals surface area contributed by atoms with Crippen LogP contribution in [0.25, 0.3) is 0 Å². The number of amides is 1. The molecule has 6 nitrogen and oxygen atoms in total. The second-order valence-electron chi connectivity index (χ2n) is 5.64. The molecule has 3 rings (SSSR count). The van der Waals surface area contributed by atoms with Gasteiger partial charge in [-0.1, -0.05) is 0 Å². The lowest BCUT2D eigenvalue weighted by Crippen LogP contribution is -2.42. The highest BCUT2D eigenvalue weighted by molar-refractivity contribution is 5.95. The zero-order chi connectivity index (χ0) is 14.1. The van der Waals surface area contributed by atoms with Crippen LogP contribution in [0.4, 0.5) is 5.82 Å². The third-order valence-electron chi connectivity index (χ3n) is 4.29. The minimum Gasteiger partial charge on any atom is -0.348 e. The van der Waals surface area contributed by atoms with E-state index in [4.69, 9.17) is 5.84 Å². The average Bonchev–Trinajstić information content (AvgIpc) is 3.03. The van der Waals surface area contributed by atoms with Crippen molar-refractivity contribution in [3.63, 3.8) is 0 Å². The summed E-state index contributed by atoms with van der Waals surface area (Å²) in [5, 5.41) is 3.17. The number of aryl methyl sites for hydroxylation is 1. The van der Waals surface area contributed by atoms with Gasteiger partial charge in [0.05, 0.1) is 0 Å². The number of nitrogens with two attached hydrogens (primary N) is 1. The molecule has 0 saturated carbocycles. The fraction of sp³-hybridized carbons (Fsp3) is 0.571. The van der Waals surface area contributed by atoms with Gasteiger partial charge < -0.3 is 10.7 Å². The molecule has 0 aliphatic carbocycles. The molecular weight excluding hydrogens is 254 g/mol. The third-order valence-corrected chi connectivity index (χ3v) is 4.29. The van der Waals surface area contributed by atoms with Gasteiger partial charge in [-0.15, -0.1) is 0 Å². The molecule has 2 aliphatic rings. The Bertz CT molecular complexity index is 518. The molecule has 2 aliphatic heterocycles. The van der Waals surface area contributed by atoms with Crippen molar-refractivity contribution >= 4 is 11.7 Å². The predicted octanol–water partition coefficient (Wildman–Crippen LogP) is 0.642. The Morgan fingerprint density at radius 1 is 1.40 bits per heavy atom. The van der Waals surface area contributed by atoms with Crippen molar-refractivity contribution < 1.29 is 4.79 Å². The maximum Gasteiger partial charge on any atom is 0.251 e. The van der Waals surface area contributed by atoms with Crippen LogP contribution in [0.2, 0.25) is 0 Å². The van der Waals surface area contributed by atoms with E-state index < -0.39 is 0 Å². The zero-order valence-corrected chi connectivity index (χ0v) is 11.7. The Morgan fingerprint density at radius 3 is 3.05 bits per heavy atom. The number of rotatable bonds is 3. The van der Waals surface area contributed by atoms with Crippen LogP contribution in [0.3, 0.4) is 0 Å². The first kappa shape index (κ1) is 13.3. The SMILES string of the molecule is Cc1cc(C(=O)NC2CCN3CCCC23)cc(NN)n1. The largest absolute Gasteiger partial charge is 0.348 e. The Labute approximate surface area is 118 Å². The predicted molar refractivity (Wildman–Crippen MR) is 77.3 cm³/mol. The molecule has 0 spiro atoms. The number of nitrogens with zero attached hydrogens (tertiary/aromatic N) is 2. The summed E-state index contributed by atoms with van der Waals surface area (Å²) in [7, 11) is 0. The number of carbonyl (C=O) groups is 1. The van der Waals surface area contributed by atoms with Gasteiger partial charge in [0, 0.05) is 29.9 Å². The lowest BCUT2D eigenvalue weighted by molar-refractivity contribution is 0.0929. The van der Waals surface area contributed by atoms with Crippen LogP contribution in [-0.4, -0.2) is 41.0 Å². The number of hydrogen-bond donors (Lipinski definition) is 3. The maximum atomic E-state index is 12.4. The second-order valence-corrected chi connectivity index (χ2v) is 5.64. The molecule has 1 aromatic heterocycles. The average molecular weight is 275 g/mol. The maximum absolute atomic E-state index is 12.4. The summed E-state index contributed by atoms with van der Waals surface area (Å²) in [5.41, 5.74) is 3.88. The molecule has 2 saturated heterocycles. The van der Waals surface area contributed by atoms with Crippen LogP contribution in [0.5, 0.6) is 0 Å². The fourth-order valence-corrected chi connectivity index (χ4v) is 3.38. The minimum atomic E-state index is -0.0363. The summed E-state index contributed by atoms with van der Waals surface area (Å²) in [6.07, 6.45) is 3.48. The quantitative estimate of drug-likeness (QED) is 0.557. The molecule has 3 heterocycles. The van der Waals surface area contributed by atoms with Crippen LogP contribution < -0.4 is 16.6 Å². The molecule has 20 heavy (non-hydrogen) atoms. The standard InChI is InChI=1S/C14H21N5O/c1-9-7-10(8-13(16-9)18-15)14(20)17-11-4-6-19-5-2-3-12(11)19/h7-8,11-12H,2-6,15H2,1H3,(H,16,18)(H,17,20). The number of carbonyl (C=O) groups excluding carboxylic acids is 1. The van der Waals surface area contributed by atoms with E-state index in [-0.39, 0.29) is 11.9 Å². The number of fused-ring (bicyclic) bond motifs is 1. The lowest BCUT2D eigenvalue weighted by Gasteiger charge is -2.21. The Kier molecular flexibility index (Phi) is 3.58. The molecular formula is C14H21N5O. The van der Waals surface area contributed by atoms with Crippen LogP contribution in [0.15, 0.2) is 12.1 Å². The van der Waals surface area contributed by atoms with Crippen LogP contribution in [-0.2, 0) is 0 Å². The highest BCUT2D eigenvalue weighted by Crippen LogP contribution is 2.28. The van der Waals surface area contributed by atoms with Crippen LogP contribution in [0.1, 0.15) is 35.3 Å². The summed E-state index contributed by atoms with van der Waals surface area (Å²) in [5.74, 6) is 5.85. The van der Waals surface area contributed by atoms with Gasteiger partial charge >= 0.3 is 0 Å². The summed E-state index contributed by atoms with van der Waals surface area (Å²) >= 11 is 0. The van der Waals surface area contributed by atoms with E-state index in [9.17, 15) is 4.79 Å². The zero-order valence-electron chi connectivity index (χ0n) is 11.7. The topological polar surface area (TPSA) is 83.3 Å². The summed E-state index contributed by atoms with van der Waals surface area (Å²) < 4.78 is 0. The lowest BCUT2D eigenvalue weighted by atomic mass is 10.1. The van der Waals surface area contributed by atoms with Crippen LogP contribution in [0, 0.1) is 6.92 Å². The van der Waals surface area contributed by atoms with Crippen molar-refractivity contribution in [2.24, 2.45) is 5.84 Å². The molecule has 1 amide bonds. The fourth-order valence-electron chi connectivity index (χ4n) is 3.38. The number of pyridine rings is 1. The van der Waals surface area contributed by atoms with E-state index in [1.54, 1.807) is 12.1 Å². The molecule has 2 unspecified atom stereocenters. The van der Waals surface area contributed by atoms with Gasteiger partial charge in [-0.05, 0) is 44.9 Å². The molecule has 4 N–H and O–H groups in total. The van der Waals surface area contributed by atoms with E-state index in [1.807, 2.05) is 6.92 Å². The molecule has 2 fully saturated rings. The molecule has 108 valence electrons. The monoisotopic (exact) mass is 275 g/mol. The molecule has 0 aromatic carbocycles. The summed E-state index contributed by atoms with van der Waals surface area (Å²) in [4.78, 5) is 19.1. The molecule has 6 heteroatoms. The van der Waals surface area contributed by atoms with Gasteiger partial charge in [0.15, 0.2) is 0 Å². The van der Waals surface area contributed by atoms with Crippen molar-refractivity contribution in [1.29, 1.82) is 0 Å². The van der Waals surface area contributed by atoms with Crippen LogP contribution >= 0.6 is 0 Å². The Balaban J connectivity index is 1.71. The number of anilines is 1. The minimum absolute atomic E-state index is 0.0363. The van der Waals surface area contributed by atoms with Gasteiger partial charge in [0.2, 0.25) is 0 Å². The first-order valence-electron chi connectivity index (χ1n) is 7.17. The van der Waals surface area contributed by atoms with E-state index >= 15 is 0 Å². The molecule has 1 aromatic rings. The number of hydrazine groups is 1. The number of aromatic nitrogens is 1. The van der Waals surface area contributed by atoms with E-state index in [0.29, 0.717) is 17.4 Å². The molecule has 0 radical (unpaired) electrons. The first-order valence-corrected chi connectivity index (χ1v) is 7.17. The normalized spacial score (nSPS) is 25.5. The third kappa shape index (κ3) is 2.48. The highest BCUT2D eigenvalue weighted by atomic mass is 16.1. The van der Waals surface area contributed by atoms with Crippen molar-refractivity contribution in [2.45, 2.75) is 38.3 Å². The Hall–Kier alpha value is -1.66. The highest BCUT2D eigenvalue weighted by Gasteiger charge is 2.37. The van der Waals surface area contributed by atoms with Gasteiger partial charge in [-0.3, -0.25) is 9.69 Å². The van der Waals surface area contributed by atoms with Gasteiger partial charge in [0.1, 0.15) is 5.82 Å². The van der Waals surface area contributed by atoms with Gasteiger partial charge in [-0.2, -0.15) is 0 Å². The smallest absolute Gasteiger partial charge is 0.251 e. The molecule has 2 atom stereocenters. The van der Waals surface area contributed by atoms with Gasteiger partial charge in [0.25, 0.3) is 5.91 Å². The van der Waals surface area contributed by atoms with Crippen molar-refractivity contribution in [3.8, 4) is 0 Å². The van der Waals surface area contributed by atoms with E-state index in [1.165, 1.54) is 19.4 Å². The van der Waals surface area contributed by atoms with Crippen molar-refractivity contribution in [1.82, 2.24) is 15.2 Å². The van der Waals surface area contributed by atoms with Gasteiger partial charge in [-0.25, -0.2) is 10.8 Å². The molecule has 0 bridgehead atoms. The van der Waals surface area contributed by atoms with Crippen molar-refractivity contribution in [3.05, 3.63) is 23.4 Å². The second kappa shape index (κ2) is 5.38. The van der Waals surface area contributed by atoms with E-state index in [0.717, 1.165) is 18.7 Å². The van der Waals surface area contributed by atoms with Crippen molar-refractivity contribution in [2.75, 3.05) is 18.5 Å². The summed E-state index contributed by atoms with van der Waals surface area (Å²) in [6.45, 7) is 4.12. The van der Waals surface area contributed by atoms with E-state index in [2.05, 4.69) is 20.6 Å². The Morgan fingerprint density at radius 2 is 2.25 bits per heavy atom. The summed E-state index contributed by atoms with van der Waals surface area (Å²) in [6, 6.07) is 4.27.